The molecule has 1 aromatic carbocycles. The lowest BCUT2D eigenvalue weighted by atomic mass is 9.83. The molecule has 2 nitrogen and oxygen atoms in total. The van der Waals surface area contributed by atoms with Gasteiger partial charge >= 0.3 is 0 Å². The van der Waals surface area contributed by atoms with E-state index < -0.39 is 17.3 Å². The summed E-state index contributed by atoms with van der Waals surface area (Å²) in [5.74, 6) is -0.476. The Kier molecular flexibility index (Phi) is 3.11. The number of halogens is 1. The minimum Gasteiger partial charge on any atom is -0.387 e. The average Bonchev–Trinajstić information content (AvgIpc) is 2.20. The molecule has 0 radical (unpaired) electrons. The predicted molar refractivity (Wildman–Crippen MR) is 55.5 cm³/mol. The van der Waals surface area contributed by atoms with Gasteiger partial charge in [-0.15, -0.1) is 0 Å². The highest BCUT2D eigenvalue weighted by molar-refractivity contribution is 5.28. The van der Waals surface area contributed by atoms with Crippen LogP contribution >= 0.6 is 0 Å². The summed E-state index contributed by atoms with van der Waals surface area (Å²) in [5, 5.41) is 18.7. The molecule has 80 valence electrons. The maximum absolute atomic E-state index is 13.4. The second-order valence-corrected chi connectivity index (χ2v) is 4.26. The van der Waals surface area contributed by atoms with E-state index in [0.29, 0.717) is 0 Å². The number of aliphatic hydroxyl groups is 1. The van der Waals surface area contributed by atoms with Crippen LogP contribution in [0.1, 0.15) is 31.1 Å². The van der Waals surface area contributed by atoms with Crippen molar-refractivity contribution < 1.29 is 9.50 Å². The molecule has 0 aliphatic heterocycles. The molecule has 0 aliphatic carbocycles. The molecule has 1 rings (SSSR count). The number of aliphatic hydroxyl groups excluding tert-OH is 1. The summed E-state index contributed by atoms with van der Waals surface area (Å²) in [6, 6.07) is 6.47. The van der Waals surface area contributed by atoms with Gasteiger partial charge in [-0.3, -0.25) is 0 Å². The molecule has 0 aliphatic rings. The van der Waals surface area contributed by atoms with Gasteiger partial charge in [0.25, 0.3) is 0 Å². The van der Waals surface area contributed by atoms with Crippen LogP contribution in [0.4, 0.5) is 4.39 Å². The molecule has 3 heteroatoms. The minimum atomic E-state index is -1.11. The van der Waals surface area contributed by atoms with Crippen molar-refractivity contribution in [1.29, 1.82) is 5.26 Å². The highest BCUT2D eigenvalue weighted by Crippen LogP contribution is 2.34. The van der Waals surface area contributed by atoms with Crippen LogP contribution in [0.25, 0.3) is 0 Å². The smallest absolute Gasteiger partial charge is 0.129 e. The summed E-state index contributed by atoms with van der Waals surface area (Å²) < 4.78 is 13.4. The molecule has 1 unspecified atom stereocenters. The fourth-order valence-corrected chi connectivity index (χ4v) is 1.32. The third-order valence-electron chi connectivity index (χ3n) is 2.42. The van der Waals surface area contributed by atoms with Gasteiger partial charge in [0, 0.05) is 5.56 Å². The molecule has 0 fully saturated rings. The predicted octanol–water partition coefficient (Wildman–Crippen LogP) is 2.72. The second-order valence-electron chi connectivity index (χ2n) is 4.26. The van der Waals surface area contributed by atoms with Gasteiger partial charge in [-0.2, -0.15) is 5.26 Å². The van der Waals surface area contributed by atoms with Gasteiger partial charge in [-0.05, 0) is 26.8 Å². The molecule has 0 saturated carbocycles. The first-order chi connectivity index (χ1) is 6.88. The van der Waals surface area contributed by atoms with E-state index in [-0.39, 0.29) is 5.56 Å². The lowest BCUT2D eigenvalue weighted by Gasteiger charge is -2.23. The van der Waals surface area contributed by atoms with Crippen LogP contribution in [0.2, 0.25) is 0 Å². The molecule has 0 spiro atoms. The molecular formula is C12H14FNO. The summed E-state index contributed by atoms with van der Waals surface area (Å²) in [5.41, 5.74) is 0.0509. The first-order valence-electron chi connectivity index (χ1n) is 4.74. The van der Waals surface area contributed by atoms with Crippen LogP contribution in [0.3, 0.4) is 0 Å². The molecule has 0 heterocycles. The highest BCUT2D eigenvalue weighted by Gasteiger charge is 2.30. The first-order valence-corrected chi connectivity index (χ1v) is 4.74. The summed E-state index contributed by atoms with van der Waals surface area (Å²) in [4.78, 5) is 0. The molecule has 1 aromatic rings. The van der Waals surface area contributed by atoms with E-state index in [1.54, 1.807) is 26.0 Å². The molecule has 1 atom stereocenters. The number of nitriles is 1. The van der Waals surface area contributed by atoms with E-state index in [4.69, 9.17) is 5.26 Å². The second kappa shape index (κ2) is 4.00. The van der Waals surface area contributed by atoms with Gasteiger partial charge < -0.3 is 5.11 Å². The van der Waals surface area contributed by atoms with Crippen molar-refractivity contribution >= 4 is 0 Å². The Labute approximate surface area is 89.0 Å². The maximum Gasteiger partial charge on any atom is 0.129 e. The summed E-state index contributed by atoms with van der Waals surface area (Å²) in [6.07, 6.45) is -1.11. The lowest BCUT2D eigenvalue weighted by Crippen LogP contribution is -2.21. The number of nitrogens with zero attached hydrogens (tertiary/aromatic N) is 1. The van der Waals surface area contributed by atoms with Crippen LogP contribution in [0, 0.1) is 29.5 Å². The van der Waals surface area contributed by atoms with E-state index >= 15 is 0 Å². The Hall–Kier alpha value is -1.40. The Bertz CT molecular complexity index is 407. The maximum atomic E-state index is 13.4. The quantitative estimate of drug-likeness (QED) is 0.810. The van der Waals surface area contributed by atoms with Gasteiger partial charge in [0.05, 0.1) is 17.6 Å². The Morgan fingerprint density at radius 3 is 2.60 bits per heavy atom. The van der Waals surface area contributed by atoms with Gasteiger partial charge in [0.15, 0.2) is 0 Å². The van der Waals surface area contributed by atoms with E-state index in [2.05, 4.69) is 0 Å². The Morgan fingerprint density at radius 2 is 2.07 bits per heavy atom. The van der Waals surface area contributed by atoms with Crippen molar-refractivity contribution in [1.82, 2.24) is 0 Å². The minimum absolute atomic E-state index is 0.182. The first kappa shape index (κ1) is 11.7. The zero-order valence-corrected chi connectivity index (χ0v) is 9.08. The van der Waals surface area contributed by atoms with Crippen LogP contribution in [0.15, 0.2) is 18.2 Å². The largest absolute Gasteiger partial charge is 0.387 e. The molecule has 1 N–H and O–H groups in total. The third-order valence-corrected chi connectivity index (χ3v) is 2.42. The van der Waals surface area contributed by atoms with Crippen molar-refractivity contribution in [3.8, 4) is 6.07 Å². The fraction of sp³-hybridized carbons (Fsp3) is 0.417. The van der Waals surface area contributed by atoms with Crippen molar-refractivity contribution in [3.05, 3.63) is 35.1 Å². The zero-order valence-electron chi connectivity index (χ0n) is 9.08. The molecule has 0 saturated heterocycles. The van der Waals surface area contributed by atoms with Crippen molar-refractivity contribution in [2.24, 2.45) is 5.41 Å². The highest BCUT2D eigenvalue weighted by atomic mass is 19.1. The number of rotatable bonds is 2. The molecule has 0 amide bonds. The number of aryl methyl sites for hydroxylation is 1. The standard InChI is InChI=1S/C12H14FNO/c1-8-4-5-10(13)9(6-8)11(15)12(2,3)7-14/h4-6,11,15H,1-3H3. The molecular weight excluding hydrogens is 193 g/mol. The monoisotopic (exact) mass is 207 g/mol. The number of benzene rings is 1. The van der Waals surface area contributed by atoms with E-state index in [9.17, 15) is 9.50 Å². The van der Waals surface area contributed by atoms with E-state index in [0.717, 1.165) is 5.56 Å². The van der Waals surface area contributed by atoms with Gasteiger partial charge in [-0.25, -0.2) is 4.39 Å². The Morgan fingerprint density at radius 1 is 1.47 bits per heavy atom. The van der Waals surface area contributed by atoms with Crippen molar-refractivity contribution in [2.75, 3.05) is 0 Å². The normalized spacial score (nSPS) is 13.3. The fourth-order valence-electron chi connectivity index (χ4n) is 1.32. The Balaban J connectivity index is 3.17. The van der Waals surface area contributed by atoms with Crippen molar-refractivity contribution in [2.45, 2.75) is 26.9 Å². The topological polar surface area (TPSA) is 44.0 Å². The SMILES string of the molecule is Cc1ccc(F)c(C(O)C(C)(C)C#N)c1. The van der Waals surface area contributed by atoms with E-state index in [1.165, 1.54) is 6.07 Å². The van der Waals surface area contributed by atoms with Crippen LogP contribution in [-0.4, -0.2) is 5.11 Å². The number of hydrogen-bond donors (Lipinski definition) is 1. The molecule has 15 heavy (non-hydrogen) atoms. The van der Waals surface area contributed by atoms with Crippen LogP contribution < -0.4 is 0 Å². The summed E-state index contributed by atoms with van der Waals surface area (Å²) in [7, 11) is 0. The lowest BCUT2D eigenvalue weighted by molar-refractivity contribution is 0.0832. The zero-order chi connectivity index (χ0) is 11.6. The van der Waals surface area contributed by atoms with E-state index in [1.807, 2.05) is 13.0 Å². The summed E-state index contributed by atoms with van der Waals surface area (Å²) in [6.45, 7) is 4.98. The van der Waals surface area contributed by atoms with Gasteiger partial charge in [0.1, 0.15) is 5.82 Å². The van der Waals surface area contributed by atoms with Crippen LogP contribution in [-0.2, 0) is 0 Å². The van der Waals surface area contributed by atoms with Crippen molar-refractivity contribution in [3.63, 3.8) is 0 Å². The average molecular weight is 207 g/mol. The van der Waals surface area contributed by atoms with Gasteiger partial charge in [-0.1, -0.05) is 17.7 Å². The molecule has 0 bridgehead atoms. The van der Waals surface area contributed by atoms with Gasteiger partial charge in [0.2, 0.25) is 0 Å². The van der Waals surface area contributed by atoms with Crippen LogP contribution in [0.5, 0.6) is 0 Å². The number of hydrogen-bond acceptors (Lipinski definition) is 2. The third kappa shape index (κ3) is 2.34. The summed E-state index contributed by atoms with van der Waals surface area (Å²) >= 11 is 0. The molecule has 0 aromatic heterocycles.